The second-order valence-corrected chi connectivity index (χ2v) is 3.49. The molecule has 1 aromatic heterocycles. The summed E-state index contributed by atoms with van der Waals surface area (Å²) in [6.07, 6.45) is 4.55. The molecule has 0 fully saturated rings. The molecule has 0 aliphatic rings. The van der Waals surface area contributed by atoms with Crippen LogP contribution < -0.4 is 0 Å². The maximum atomic E-state index is 9.08. The molecular formula is C11H17NO. The van der Waals surface area contributed by atoms with Crippen LogP contribution in [0.15, 0.2) is 18.3 Å². The van der Waals surface area contributed by atoms with Crippen molar-refractivity contribution < 1.29 is 5.11 Å². The number of aliphatic hydroxyl groups is 1. The summed E-state index contributed by atoms with van der Waals surface area (Å²) in [4.78, 5) is 4.21. The van der Waals surface area contributed by atoms with Crippen LogP contribution in [0.2, 0.25) is 0 Å². The molecule has 1 unspecified atom stereocenters. The fraction of sp³-hybridized carbons (Fsp3) is 0.545. The summed E-state index contributed by atoms with van der Waals surface area (Å²) in [5, 5.41) is 9.08. The maximum Gasteiger partial charge on any atom is 0.0512 e. The SMILES string of the molecule is Cc1ncccc1CCCC(C)O. The number of pyridine rings is 1. The van der Waals surface area contributed by atoms with Gasteiger partial charge in [-0.25, -0.2) is 0 Å². The van der Waals surface area contributed by atoms with Gasteiger partial charge in [0.1, 0.15) is 0 Å². The molecule has 0 bridgehead atoms. The van der Waals surface area contributed by atoms with E-state index in [1.54, 1.807) is 0 Å². The molecule has 0 aromatic carbocycles. The molecule has 0 spiro atoms. The average molecular weight is 179 g/mol. The number of aliphatic hydroxyl groups excluding tert-OH is 1. The Morgan fingerprint density at radius 1 is 1.54 bits per heavy atom. The van der Waals surface area contributed by atoms with Gasteiger partial charge in [0.15, 0.2) is 0 Å². The van der Waals surface area contributed by atoms with Crippen molar-refractivity contribution in [3.63, 3.8) is 0 Å². The zero-order valence-electron chi connectivity index (χ0n) is 8.33. The van der Waals surface area contributed by atoms with Crippen molar-refractivity contribution in [3.05, 3.63) is 29.6 Å². The van der Waals surface area contributed by atoms with Gasteiger partial charge in [0.2, 0.25) is 0 Å². The van der Waals surface area contributed by atoms with Crippen LogP contribution in [0, 0.1) is 6.92 Å². The lowest BCUT2D eigenvalue weighted by atomic mass is 10.1. The fourth-order valence-corrected chi connectivity index (χ4v) is 1.37. The average Bonchev–Trinajstić information content (AvgIpc) is 2.08. The summed E-state index contributed by atoms with van der Waals surface area (Å²) in [6.45, 7) is 3.85. The molecule has 0 aliphatic heterocycles. The van der Waals surface area contributed by atoms with Crippen molar-refractivity contribution in [3.8, 4) is 0 Å². The summed E-state index contributed by atoms with van der Waals surface area (Å²) in [6, 6.07) is 4.06. The molecule has 72 valence electrons. The molecule has 2 heteroatoms. The minimum absolute atomic E-state index is 0.183. The maximum absolute atomic E-state index is 9.08. The summed E-state index contributed by atoms with van der Waals surface area (Å²) >= 11 is 0. The Hall–Kier alpha value is -0.890. The van der Waals surface area contributed by atoms with Crippen molar-refractivity contribution in [2.24, 2.45) is 0 Å². The smallest absolute Gasteiger partial charge is 0.0512 e. The summed E-state index contributed by atoms with van der Waals surface area (Å²) in [5.74, 6) is 0. The molecular weight excluding hydrogens is 162 g/mol. The summed E-state index contributed by atoms with van der Waals surface area (Å²) < 4.78 is 0. The topological polar surface area (TPSA) is 33.1 Å². The van der Waals surface area contributed by atoms with Crippen LogP contribution in [0.4, 0.5) is 0 Å². The Morgan fingerprint density at radius 2 is 2.31 bits per heavy atom. The van der Waals surface area contributed by atoms with Crippen LogP contribution in [0.5, 0.6) is 0 Å². The van der Waals surface area contributed by atoms with Gasteiger partial charge < -0.3 is 5.11 Å². The molecule has 1 rings (SSSR count). The first-order chi connectivity index (χ1) is 6.20. The standard InChI is InChI=1S/C11H17NO/c1-9(13)5-3-6-11-7-4-8-12-10(11)2/h4,7-9,13H,3,5-6H2,1-2H3. The third-order valence-electron chi connectivity index (χ3n) is 2.18. The van der Waals surface area contributed by atoms with E-state index in [4.69, 9.17) is 5.11 Å². The molecule has 0 saturated heterocycles. The van der Waals surface area contributed by atoms with E-state index in [0.717, 1.165) is 25.0 Å². The van der Waals surface area contributed by atoms with Crippen molar-refractivity contribution in [2.45, 2.75) is 39.2 Å². The van der Waals surface area contributed by atoms with Crippen LogP contribution in [0.3, 0.4) is 0 Å². The van der Waals surface area contributed by atoms with Crippen LogP contribution >= 0.6 is 0 Å². The molecule has 1 N–H and O–H groups in total. The van der Waals surface area contributed by atoms with Gasteiger partial charge in [0.05, 0.1) is 6.10 Å². The number of hydrogen-bond donors (Lipinski definition) is 1. The van der Waals surface area contributed by atoms with Gasteiger partial charge in [-0.3, -0.25) is 4.98 Å². The second-order valence-electron chi connectivity index (χ2n) is 3.49. The zero-order chi connectivity index (χ0) is 9.68. The van der Waals surface area contributed by atoms with E-state index >= 15 is 0 Å². The minimum Gasteiger partial charge on any atom is -0.393 e. The Bertz CT molecular complexity index is 258. The fourth-order valence-electron chi connectivity index (χ4n) is 1.37. The number of hydrogen-bond acceptors (Lipinski definition) is 2. The Kier molecular flexibility index (Phi) is 3.90. The van der Waals surface area contributed by atoms with Gasteiger partial charge in [0, 0.05) is 11.9 Å². The summed E-state index contributed by atoms with van der Waals surface area (Å²) in [5.41, 5.74) is 2.40. The first-order valence-electron chi connectivity index (χ1n) is 4.78. The normalized spacial score (nSPS) is 12.8. The molecule has 0 radical (unpaired) electrons. The largest absolute Gasteiger partial charge is 0.393 e. The number of aromatic nitrogens is 1. The summed E-state index contributed by atoms with van der Waals surface area (Å²) in [7, 11) is 0. The van der Waals surface area contributed by atoms with Crippen molar-refractivity contribution in [1.82, 2.24) is 4.98 Å². The van der Waals surface area contributed by atoms with E-state index in [9.17, 15) is 0 Å². The minimum atomic E-state index is -0.183. The highest BCUT2D eigenvalue weighted by Gasteiger charge is 1.99. The third-order valence-corrected chi connectivity index (χ3v) is 2.18. The Balaban J connectivity index is 2.41. The first kappa shape index (κ1) is 10.2. The molecule has 1 atom stereocenters. The van der Waals surface area contributed by atoms with Gasteiger partial charge in [-0.15, -0.1) is 0 Å². The predicted octanol–water partition coefficient (Wildman–Crippen LogP) is 2.09. The highest BCUT2D eigenvalue weighted by Crippen LogP contribution is 2.09. The van der Waals surface area contributed by atoms with Gasteiger partial charge >= 0.3 is 0 Å². The molecule has 0 amide bonds. The molecule has 1 heterocycles. The molecule has 0 saturated carbocycles. The highest BCUT2D eigenvalue weighted by atomic mass is 16.3. The van der Waals surface area contributed by atoms with E-state index in [2.05, 4.69) is 11.1 Å². The Morgan fingerprint density at radius 3 is 2.92 bits per heavy atom. The van der Waals surface area contributed by atoms with Crippen LogP contribution in [0.25, 0.3) is 0 Å². The second kappa shape index (κ2) is 4.97. The molecule has 13 heavy (non-hydrogen) atoms. The first-order valence-corrected chi connectivity index (χ1v) is 4.78. The van der Waals surface area contributed by atoms with Crippen molar-refractivity contribution in [2.75, 3.05) is 0 Å². The number of rotatable bonds is 4. The number of aryl methyl sites for hydroxylation is 2. The van der Waals surface area contributed by atoms with Gasteiger partial charge in [0.25, 0.3) is 0 Å². The molecule has 2 nitrogen and oxygen atoms in total. The Labute approximate surface area is 79.6 Å². The van der Waals surface area contributed by atoms with Crippen molar-refractivity contribution >= 4 is 0 Å². The monoisotopic (exact) mass is 179 g/mol. The van der Waals surface area contributed by atoms with Gasteiger partial charge in [-0.2, -0.15) is 0 Å². The van der Waals surface area contributed by atoms with E-state index < -0.39 is 0 Å². The van der Waals surface area contributed by atoms with Gasteiger partial charge in [-0.1, -0.05) is 6.07 Å². The van der Waals surface area contributed by atoms with Crippen LogP contribution in [0.1, 0.15) is 31.0 Å². The van der Waals surface area contributed by atoms with E-state index in [1.807, 2.05) is 26.1 Å². The lowest BCUT2D eigenvalue weighted by molar-refractivity contribution is 0.181. The lowest BCUT2D eigenvalue weighted by Crippen LogP contribution is -2.00. The number of nitrogens with zero attached hydrogens (tertiary/aromatic N) is 1. The van der Waals surface area contributed by atoms with Crippen LogP contribution in [-0.4, -0.2) is 16.2 Å². The van der Waals surface area contributed by atoms with Gasteiger partial charge in [-0.05, 0) is 44.7 Å². The van der Waals surface area contributed by atoms with Crippen LogP contribution in [-0.2, 0) is 6.42 Å². The van der Waals surface area contributed by atoms with E-state index in [1.165, 1.54) is 5.56 Å². The lowest BCUT2D eigenvalue weighted by Gasteiger charge is -2.05. The quantitative estimate of drug-likeness (QED) is 0.767. The van der Waals surface area contributed by atoms with E-state index in [-0.39, 0.29) is 6.10 Å². The third kappa shape index (κ3) is 3.55. The highest BCUT2D eigenvalue weighted by molar-refractivity contribution is 5.18. The molecule has 0 aliphatic carbocycles. The van der Waals surface area contributed by atoms with Crippen molar-refractivity contribution in [1.29, 1.82) is 0 Å². The zero-order valence-corrected chi connectivity index (χ0v) is 8.33. The molecule has 1 aromatic rings. The van der Waals surface area contributed by atoms with E-state index in [0.29, 0.717) is 0 Å². The predicted molar refractivity (Wildman–Crippen MR) is 53.6 cm³/mol.